The number of rotatable bonds is 11. The van der Waals surface area contributed by atoms with E-state index in [0.29, 0.717) is 18.6 Å². The first-order chi connectivity index (χ1) is 14.5. The second-order valence-electron chi connectivity index (χ2n) is 6.87. The quantitative estimate of drug-likeness (QED) is 0.145. The van der Waals surface area contributed by atoms with E-state index in [1.54, 1.807) is 16.3 Å². The molecule has 2 aromatic rings. The minimum atomic E-state index is -0.574. The summed E-state index contributed by atoms with van der Waals surface area (Å²) in [6, 6.07) is 7.68. The van der Waals surface area contributed by atoms with Crippen molar-refractivity contribution in [3.8, 4) is 0 Å². The van der Waals surface area contributed by atoms with Gasteiger partial charge in [0.2, 0.25) is 0 Å². The maximum absolute atomic E-state index is 11.1. The molecule has 6 N–H and O–H groups in total. The van der Waals surface area contributed by atoms with E-state index in [0.717, 1.165) is 34.7 Å². The molecule has 9 nitrogen and oxygen atoms in total. The third kappa shape index (κ3) is 5.60. The molecule has 0 spiro atoms. The lowest BCUT2D eigenvalue weighted by atomic mass is 9.89. The Balaban J connectivity index is 2.11. The lowest BCUT2D eigenvalue weighted by Gasteiger charge is -2.18. The van der Waals surface area contributed by atoms with Crippen LogP contribution in [0.15, 0.2) is 30.3 Å². The number of hydrogen-bond acceptors (Lipinski definition) is 7. The summed E-state index contributed by atoms with van der Waals surface area (Å²) in [7, 11) is 5.52. The van der Waals surface area contributed by atoms with E-state index in [1.807, 2.05) is 45.4 Å². The number of hydrogen-bond donors (Lipinski definition) is 6. The number of aromatic nitrogens is 2. The monoisotopic (exact) mass is 413 g/mol. The van der Waals surface area contributed by atoms with Gasteiger partial charge >= 0.3 is 0 Å². The topological polar surface area (TPSA) is 127 Å². The Labute approximate surface area is 177 Å². The van der Waals surface area contributed by atoms with Gasteiger partial charge in [-0.05, 0) is 30.0 Å². The van der Waals surface area contributed by atoms with Gasteiger partial charge in [-0.2, -0.15) is 4.79 Å². The summed E-state index contributed by atoms with van der Waals surface area (Å²) in [5.74, 6) is 1.20. The van der Waals surface area contributed by atoms with E-state index in [9.17, 15) is 4.79 Å². The lowest BCUT2D eigenvalue weighted by molar-refractivity contribution is -0.124. The number of benzene rings is 1. The van der Waals surface area contributed by atoms with E-state index in [4.69, 9.17) is 10.6 Å². The van der Waals surface area contributed by atoms with Gasteiger partial charge < -0.3 is 21.5 Å². The minimum Gasteiger partial charge on any atom is -0.371 e. The van der Waals surface area contributed by atoms with Crippen molar-refractivity contribution in [1.82, 2.24) is 15.4 Å². The third-order valence-corrected chi connectivity index (χ3v) is 5.02. The largest absolute Gasteiger partial charge is 0.371 e. The average molecular weight is 414 g/mol. The average Bonchev–Trinajstić information content (AvgIpc) is 3.12. The van der Waals surface area contributed by atoms with Crippen LogP contribution in [0.2, 0.25) is 0 Å². The molecule has 0 radical (unpaired) electrons. The molecule has 0 saturated carbocycles. The molecule has 0 unspecified atom stereocenters. The first-order valence-corrected chi connectivity index (χ1v) is 9.90. The van der Waals surface area contributed by atoms with E-state index in [1.165, 1.54) is 6.08 Å². The second kappa shape index (κ2) is 11.0. The van der Waals surface area contributed by atoms with Crippen LogP contribution < -0.4 is 21.5 Å². The van der Waals surface area contributed by atoms with Crippen molar-refractivity contribution in [2.45, 2.75) is 26.2 Å². The Morgan fingerprint density at radius 2 is 1.93 bits per heavy atom. The Morgan fingerprint density at radius 3 is 2.47 bits per heavy atom. The lowest BCUT2D eigenvalue weighted by Crippen LogP contribution is -2.19. The number of carbonyl (C=O) groups is 1. The van der Waals surface area contributed by atoms with Crippen molar-refractivity contribution in [1.29, 1.82) is 5.41 Å². The van der Waals surface area contributed by atoms with Crippen LogP contribution in [0.5, 0.6) is 0 Å². The summed E-state index contributed by atoms with van der Waals surface area (Å²) < 4.78 is 0. The predicted octanol–water partition coefficient (Wildman–Crippen LogP) is 2.49. The highest BCUT2D eigenvalue weighted by Gasteiger charge is 2.22. The van der Waals surface area contributed by atoms with Crippen molar-refractivity contribution in [2.75, 3.05) is 37.2 Å². The van der Waals surface area contributed by atoms with Crippen LogP contribution >= 0.6 is 0 Å². The van der Waals surface area contributed by atoms with Crippen molar-refractivity contribution in [2.24, 2.45) is 5.92 Å². The van der Waals surface area contributed by atoms with Gasteiger partial charge in [-0.3, -0.25) is 10.0 Å². The highest BCUT2D eigenvalue weighted by Crippen LogP contribution is 2.28. The first kappa shape index (κ1) is 23.0. The van der Waals surface area contributed by atoms with E-state index < -0.39 is 5.91 Å². The molecule has 2 rings (SSSR count). The van der Waals surface area contributed by atoms with Crippen LogP contribution in [0.4, 0.5) is 11.6 Å². The maximum Gasteiger partial charge on any atom is 0.267 e. The number of amides is 1. The van der Waals surface area contributed by atoms with Crippen LogP contribution in [0, 0.1) is 11.3 Å². The van der Waals surface area contributed by atoms with Gasteiger partial charge in [0.15, 0.2) is 11.6 Å². The summed E-state index contributed by atoms with van der Waals surface area (Å²) >= 11 is 0. The van der Waals surface area contributed by atoms with Crippen molar-refractivity contribution in [3.05, 3.63) is 47.0 Å². The zero-order valence-electron chi connectivity index (χ0n) is 17.9. The first-order valence-electron chi connectivity index (χ1n) is 9.90. The van der Waals surface area contributed by atoms with Gasteiger partial charge in [0.05, 0.1) is 0 Å². The molecule has 0 aliphatic heterocycles. The van der Waals surface area contributed by atoms with Gasteiger partial charge in [-0.1, -0.05) is 31.2 Å². The Morgan fingerprint density at radius 1 is 1.23 bits per heavy atom. The Bertz CT molecular complexity index is 888. The molecular weight excluding hydrogens is 382 g/mol. The molecule has 1 heterocycles. The van der Waals surface area contributed by atoms with Gasteiger partial charge in [-0.25, -0.2) is 5.48 Å². The summed E-state index contributed by atoms with van der Waals surface area (Å²) in [6.07, 6.45) is 5.00. The van der Waals surface area contributed by atoms with Crippen LogP contribution in [0.1, 0.15) is 30.0 Å². The zero-order valence-corrected chi connectivity index (χ0v) is 17.9. The smallest absolute Gasteiger partial charge is 0.267 e. The van der Waals surface area contributed by atoms with Gasteiger partial charge in [0.1, 0.15) is 0 Å². The highest BCUT2D eigenvalue weighted by atomic mass is 16.5. The maximum atomic E-state index is 11.1. The van der Waals surface area contributed by atoms with Crippen LogP contribution in [0.3, 0.4) is 0 Å². The fourth-order valence-corrected chi connectivity index (χ4v) is 3.34. The minimum absolute atomic E-state index is 0.0894. The summed E-state index contributed by atoms with van der Waals surface area (Å²) in [4.78, 5) is 12.8. The van der Waals surface area contributed by atoms with Gasteiger partial charge in [0, 0.05) is 50.8 Å². The zero-order chi connectivity index (χ0) is 22.1. The number of nitrogens with one attached hydrogen (secondary N) is 5. The summed E-state index contributed by atoms with van der Waals surface area (Å²) in [5, 5.41) is 28.0. The molecule has 162 valence electrons. The molecule has 0 aliphatic carbocycles. The molecule has 0 fully saturated rings. The van der Waals surface area contributed by atoms with Crippen LogP contribution in [-0.4, -0.2) is 47.9 Å². The van der Waals surface area contributed by atoms with Gasteiger partial charge in [0.25, 0.3) is 5.91 Å². The highest BCUT2D eigenvalue weighted by molar-refractivity contribution is 5.91. The Kier molecular flexibility index (Phi) is 8.42. The van der Waals surface area contributed by atoms with Crippen LogP contribution in [0.25, 0.3) is 6.08 Å². The Hall–Kier alpha value is -3.33. The van der Waals surface area contributed by atoms with Gasteiger partial charge in [-0.15, -0.1) is 5.10 Å². The molecule has 1 atom stereocenters. The van der Waals surface area contributed by atoms with Crippen LogP contribution in [-0.2, 0) is 17.6 Å². The molecule has 1 aromatic carbocycles. The SMILES string of the molecule is CC[C@H](Cc1c(NC)nn(NC)c1NC)C(=N)Cc1ccc(/C=C/C(=O)NO)cc1. The molecule has 0 aliphatic rings. The van der Waals surface area contributed by atoms with E-state index in [2.05, 4.69) is 28.1 Å². The summed E-state index contributed by atoms with van der Waals surface area (Å²) in [6.45, 7) is 2.10. The standard InChI is InChI=1S/C21H31N7O2/c1-5-16(13-17-20(23-2)26-28(25-4)21(17)24-3)18(22)12-15-8-6-14(7-9-15)10-11-19(29)27-30/h6-11,16,22,24-25,30H,5,12-13H2,1-4H3,(H,23,26)(H,27,29)/b11-10+,22-18?/t16-/m1/s1. The number of anilines is 2. The molecule has 1 aromatic heterocycles. The molecule has 1 amide bonds. The molecule has 30 heavy (non-hydrogen) atoms. The van der Waals surface area contributed by atoms with Crippen molar-refractivity contribution >= 4 is 29.3 Å². The molecule has 0 saturated heterocycles. The van der Waals surface area contributed by atoms with Crippen molar-refractivity contribution < 1.29 is 10.0 Å². The normalized spacial score (nSPS) is 11.9. The number of carbonyl (C=O) groups excluding carboxylic acids is 1. The number of nitrogens with zero attached hydrogens (tertiary/aromatic N) is 2. The molecule has 0 bridgehead atoms. The molecule has 9 heteroatoms. The second-order valence-corrected chi connectivity index (χ2v) is 6.87. The van der Waals surface area contributed by atoms with E-state index in [-0.39, 0.29) is 5.92 Å². The van der Waals surface area contributed by atoms with E-state index >= 15 is 0 Å². The third-order valence-electron chi connectivity index (χ3n) is 5.02. The van der Waals surface area contributed by atoms with Crippen molar-refractivity contribution in [3.63, 3.8) is 0 Å². The summed E-state index contributed by atoms with van der Waals surface area (Å²) in [5.41, 5.74) is 8.19. The fourth-order valence-electron chi connectivity index (χ4n) is 3.34. The predicted molar refractivity (Wildman–Crippen MR) is 121 cm³/mol. The molecular formula is C21H31N7O2. The number of hydroxylamine groups is 1. The fraction of sp³-hybridized carbons (Fsp3) is 0.381.